The number of Topliss-reactive ketones (excluding diaryl/α,β-unsaturated/α-hetero) is 2. The maximum Gasteiger partial charge on any atom is 0.306 e. The topological polar surface area (TPSA) is 116 Å². The molecule has 2 saturated heterocycles. The van der Waals surface area contributed by atoms with Crippen molar-refractivity contribution in [2.75, 3.05) is 13.7 Å². The summed E-state index contributed by atoms with van der Waals surface area (Å²) in [5.74, 6) is -2.43. The van der Waals surface area contributed by atoms with Gasteiger partial charge < -0.3 is 19.3 Å². The number of fused-ring (bicyclic) bond motifs is 2. The van der Waals surface area contributed by atoms with Gasteiger partial charge in [-0.15, -0.1) is 0 Å². The van der Waals surface area contributed by atoms with Crippen molar-refractivity contribution in [1.29, 1.82) is 0 Å². The number of ketones is 2. The van der Waals surface area contributed by atoms with Crippen molar-refractivity contribution in [3.63, 3.8) is 0 Å². The number of carbonyl (C=O) groups excluding carboxylic acids is 4. The van der Waals surface area contributed by atoms with E-state index >= 15 is 0 Å². The van der Waals surface area contributed by atoms with E-state index in [9.17, 15) is 24.3 Å². The quantitative estimate of drug-likeness (QED) is 0.619. The fourth-order valence-electron chi connectivity index (χ4n) is 8.78. The van der Waals surface area contributed by atoms with E-state index in [4.69, 9.17) is 14.2 Å². The first-order valence-corrected chi connectivity index (χ1v) is 12.3. The second kappa shape index (κ2) is 7.39. The van der Waals surface area contributed by atoms with Gasteiger partial charge in [0.15, 0.2) is 5.76 Å². The van der Waals surface area contributed by atoms with Gasteiger partial charge in [0.25, 0.3) is 0 Å². The molecule has 0 aromatic rings. The Bertz CT molecular complexity index is 1000. The molecule has 3 aliphatic carbocycles. The van der Waals surface area contributed by atoms with Crippen molar-refractivity contribution in [3.05, 3.63) is 11.8 Å². The van der Waals surface area contributed by atoms with Gasteiger partial charge in [-0.3, -0.25) is 19.2 Å². The number of carbonyl (C=O) groups is 4. The van der Waals surface area contributed by atoms with Gasteiger partial charge in [-0.25, -0.2) is 0 Å². The molecule has 2 heterocycles. The Labute approximate surface area is 199 Å². The Morgan fingerprint density at radius 3 is 2.47 bits per heavy atom. The van der Waals surface area contributed by atoms with Gasteiger partial charge in [-0.1, -0.05) is 27.7 Å². The third kappa shape index (κ3) is 2.80. The number of hydrogen-bond donors (Lipinski definition) is 1. The third-order valence-electron chi connectivity index (χ3n) is 10.2. The van der Waals surface area contributed by atoms with E-state index in [0.29, 0.717) is 12.2 Å². The lowest BCUT2D eigenvalue weighted by molar-refractivity contribution is -0.268. The van der Waals surface area contributed by atoms with Crippen molar-refractivity contribution < 1.29 is 38.5 Å². The second-order valence-electron chi connectivity index (χ2n) is 11.8. The summed E-state index contributed by atoms with van der Waals surface area (Å²) in [4.78, 5) is 52.2. The van der Waals surface area contributed by atoms with Crippen LogP contribution in [0.1, 0.15) is 53.4 Å². The molecular formula is C26H34O8. The third-order valence-corrected chi connectivity index (χ3v) is 10.2. The van der Waals surface area contributed by atoms with Crippen LogP contribution in [-0.2, 0) is 33.4 Å². The maximum absolute atomic E-state index is 13.8. The summed E-state index contributed by atoms with van der Waals surface area (Å²) in [5.41, 5.74) is -2.77. The molecule has 186 valence electrons. The number of ether oxygens (including phenoxy) is 3. The molecule has 5 rings (SSSR count). The van der Waals surface area contributed by atoms with E-state index in [1.54, 1.807) is 0 Å². The normalized spacial score (nSPS) is 49.9. The SMILES string of the molecule is COC1=CC(C)C2CC3OC(=O)CC4C(C)(C(=O)C5COC(=O)C5)CC(O)C(C2(C)C1=O)C34C. The van der Waals surface area contributed by atoms with E-state index in [1.165, 1.54) is 7.11 Å². The molecule has 0 bridgehead atoms. The summed E-state index contributed by atoms with van der Waals surface area (Å²) in [6.07, 6.45) is 1.01. The van der Waals surface area contributed by atoms with Gasteiger partial charge in [-0.05, 0) is 36.7 Å². The molecule has 1 N–H and O–H groups in total. The van der Waals surface area contributed by atoms with Crippen LogP contribution >= 0.6 is 0 Å². The lowest BCUT2D eigenvalue weighted by atomic mass is 9.36. The predicted molar refractivity (Wildman–Crippen MR) is 118 cm³/mol. The lowest BCUT2D eigenvalue weighted by Gasteiger charge is -2.69. The fraction of sp³-hybridized carbons (Fsp3) is 0.769. The van der Waals surface area contributed by atoms with Crippen LogP contribution in [0.5, 0.6) is 0 Å². The Morgan fingerprint density at radius 1 is 1.15 bits per heavy atom. The van der Waals surface area contributed by atoms with E-state index in [-0.39, 0.29) is 55.2 Å². The zero-order chi connectivity index (χ0) is 24.8. The van der Waals surface area contributed by atoms with Gasteiger partial charge >= 0.3 is 11.9 Å². The van der Waals surface area contributed by atoms with Crippen LogP contribution in [0.25, 0.3) is 0 Å². The molecule has 5 aliphatic rings. The first kappa shape index (κ1) is 23.5. The first-order chi connectivity index (χ1) is 15.9. The highest BCUT2D eigenvalue weighted by Gasteiger charge is 2.74. The molecule has 10 unspecified atom stereocenters. The van der Waals surface area contributed by atoms with E-state index in [2.05, 4.69) is 0 Å². The van der Waals surface area contributed by atoms with Crippen molar-refractivity contribution in [3.8, 4) is 0 Å². The molecule has 0 aromatic carbocycles. The van der Waals surface area contributed by atoms with Gasteiger partial charge in [0.1, 0.15) is 18.5 Å². The highest BCUT2D eigenvalue weighted by Crippen LogP contribution is 2.70. The summed E-state index contributed by atoms with van der Waals surface area (Å²) < 4.78 is 16.4. The van der Waals surface area contributed by atoms with Gasteiger partial charge in [0.05, 0.1) is 25.6 Å². The standard InChI is InChI=1S/C26H34O8/c1-12-6-16(32-5)23(31)25(3)14(12)8-18-26(4)17(9-20(29)34-18)24(2,10-15(27)21(25)26)22(30)13-7-19(28)33-11-13/h6,12-15,17-18,21,27H,7-11H2,1-5H3. The largest absolute Gasteiger partial charge is 0.493 e. The number of rotatable bonds is 3. The predicted octanol–water partition coefficient (Wildman–Crippen LogP) is 2.22. The monoisotopic (exact) mass is 474 g/mol. The minimum absolute atomic E-state index is 0.00919. The molecule has 0 spiro atoms. The molecule has 34 heavy (non-hydrogen) atoms. The zero-order valence-corrected chi connectivity index (χ0v) is 20.5. The highest BCUT2D eigenvalue weighted by atomic mass is 16.5. The molecule has 0 aromatic heterocycles. The molecule has 0 radical (unpaired) electrons. The molecule has 8 heteroatoms. The smallest absolute Gasteiger partial charge is 0.306 e. The number of esters is 2. The van der Waals surface area contributed by atoms with Gasteiger partial charge in [-0.2, -0.15) is 0 Å². The molecule has 0 amide bonds. The number of methoxy groups -OCH3 is 1. The minimum Gasteiger partial charge on any atom is -0.493 e. The number of aliphatic hydroxyl groups is 1. The van der Waals surface area contributed by atoms with Crippen LogP contribution in [0.3, 0.4) is 0 Å². The Morgan fingerprint density at radius 2 is 1.85 bits per heavy atom. The Balaban J connectivity index is 1.64. The summed E-state index contributed by atoms with van der Waals surface area (Å²) in [6, 6.07) is 0. The van der Waals surface area contributed by atoms with E-state index in [0.717, 1.165) is 0 Å². The van der Waals surface area contributed by atoms with Gasteiger partial charge in [0.2, 0.25) is 5.78 Å². The average molecular weight is 475 g/mol. The van der Waals surface area contributed by atoms with Crippen LogP contribution in [0.15, 0.2) is 11.8 Å². The van der Waals surface area contributed by atoms with Crippen LogP contribution in [0.2, 0.25) is 0 Å². The fourth-order valence-corrected chi connectivity index (χ4v) is 8.78. The number of cyclic esters (lactones) is 1. The molecule has 10 atom stereocenters. The Kier molecular flexibility index (Phi) is 5.11. The van der Waals surface area contributed by atoms with Crippen molar-refractivity contribution in [1.82, 2.24) is 0 Å². The van der Waals surface area contributed by atoms with E-state index in [1.807, 2.05) is 33.8 Å². The highest BCUT2D eigenvalue weighted by molar-refractivity contribution is 6.00. The van der Waals surface area contributed by atoms with Crippen molar-refractivity contribution >= 4 is 23.5 Å². The van der Waals surface area contributed by atoms with Crippen LogP contribution in [0.4, 0.5) is 0 Å². The van der Waals surface area contributed by atoms with Crippen LogP contribution in [-0.4, -0.2) is 54.5 Å². The molecule has 8 nitrogen and oxygen atoms in total. The number of allylic oxidation sites excluding steroid dienone is 2. The van der Waals surface area contributed by atoms with Crippen molar-refractivity contribution in [2.45, 2.75) is 65.6 Å². The van der Waals surface area contributed by atoms with Crippen LogP contribution < -0.4 is 0 Å². The van der Waals surface area contributed by atoms with Crippen LogP contribution in [0, 0.1) is 45.8 Å². The molecule has 4 fully saturated rings. The molecule has 2 aliphatic heterocycles. The maximum atomic E-state index is 13.8. The Hall–Kier alpha value is -2.22. The van der Waals surface area contributed by atoms with Crippen molar-refractivity contribution in [2.24, 2.45) is 45.8 Å². The second-order valence-corrected chi connectivity index (χ2v) is 11.8. The number of aliphatic hydroxyl groups excluding tert-OH is 1. The van der Waals surface area contributed by atoms with E-state index < -0.39 is 52.2 Å². The summed E-state index contributed by atoms with van der Waals surface area (Å²) in [5, 5.41) is 11.7. The summed E-state index contributed by atoms with van der Waals surface area (Å²) in [6.45, 7) is 7.76. The minimum atomic E-state index is -1.05. The summed E-state index contributed by atoms with van der Waals surface area (Å²) >= 11 is 0. The van der Waals surface area contributed by atoms with Gasteiger partial charge in [0, 0.05) is 28.6 Å². The number of hydrogen-bond acceptors (Lipinski definition) is 8. The first-order valence-electron chi connectivity index (χ1n) is 12.3. The average Bonchev–Trinajstić information content (AvgIpc) is 3.20. The molecule has 2 saturated carbocycles. The lowest BCUT2D eigenvalue weighted by Crippen LogP contribution is -2.73. The zero-order valence-electron chi connectivity index (χ0n) is 20.5. The summed E-state index contributed by atoms with van der Waals surface area (Å²) in [7, 11) is 1.48. The molecular weight excluding hydrogens is 440 g/mol.